The Labute approximate surface area is 145 Å². The highest BCUT2D eigenvalue weighted by molar-refractivity contribution is 5.67. The minimum Gasteiger partial charge on any atom is -0.444 e. The number of ether oxygens (including phenoxy) is 1. The lowest BCUT2D eigenvalue weighted by molar-refractivity contribution is 0.0528. The molecule has 0 spiro atoms. The average molecular weight is 346 g/mol. The van der Waals surface area contributed by atoms with Crippen LogP contribution in [-0.2, 0) is 11.3 Å². The van der Waals surface area contributed by atoms with E-state index in [1.807, 2.05) is 0 Å². The van der Waals surface area contributed by atoms with Crippen molar-refractivity contribution in [1.29, 1.82) is 0 Å². The van der Waals surface area contributed by atoms with E-state index < -0.39 is 11.7 Å². The molecular formula is C15H22N8O2. The lowest BCUT2D eigenvalue weighted by Crippen LogP contribution is -2.36. The van der Waals surface area contributed by atoms with E-state index in [-0.39, 0.29) is 0 Å². The number of carbonyl (C=O) groups is 1. The van der Waals surface area contributed by atoms with Crippen LogP contribution >= 0.6 is 0 Å². The van der Waals surface area contributed by atoms with Gasteiger partial charge in [0, 0.05) is 40.8 Å². The molecule has 1 aromatic rings. The Hall–Kier alpha value is -2.93. The zero-order valence-electron chi connectivity index (χ0n) is 14.8. The molecule has 134 valence electrons. The Morgan fingerprint density at radius 3 is 2.20 bits per heavy atom. The van der Waals surface area contributed by atoms with Crippen molar-refractivity contribution in [3.63, 3.8) is 0 Å². The number of hydrogen-bond donors (Lipinski definition) is 2. The summed E-state index contributed by atoms with van der Waals surface area (Å²) in [5.74, 6) is 0. The van der Waals surface area contributed by atoms with Gasteiger partial charge in [-0.2, -0.15) is 0 Å². The molecule has 1 rings (SSSR count). The van der Waals surface area contributed by atoms with Crippen LogP contribution in [0.5, 0.6) is 0 Å². The molecular weight excluding hydrogens is 324 g/mol. The third-order valence-electron chi connectivity index (χ3n) is 3.02. The second kappa shape index (κ2) is 9.39. The van der Waals surface area contributed by atoms with Gasteiger partial charge in [-0.1, -0.05) is 10.2 Å². The van der Waals surface area contributed by atoms with Crippen LogP contribution in [0.3, 0.4) is 0 Å². The first kappa shape index (κ1) is 20.1. The van der Waals surface area contributed by atoms with Crippen LogP contribution in [0.2, 0.25) is 0 Å². The SMILES string of the molecule is Cc1c(N=[N+]=[N-])cc(CNCCNC(=O)OC(C)(C)C)cc1N=[N+]=[N-]. The molecule has 0 saturated heterocycles. The van der Waals surface area contributed by atoms with Crippen LogP contribution in [0.1, 0.15) is 31.9 Å². The molecule has 0 aliphatic rings. The van der Waals surface area contributed by atoms with Gasteiger partial charge in [0.25, 0.3) is 0 Å². The summed E-state index contributed by atoms with van der Waals surface area (Å²) in [6.45, 7) is 8.47. The number of nitrogens with zero attached hydrogens (tertiary/aromatic N) is 6. The maximum atomic E-state index is 11.5. The van der Waals surface area contributed by atoms with E-state index >= 15 is 0 Å². The van der Waals surface area contributed by atoms with E-state index in [9.17, 15) is 4.79 Å². The van der Waals surface area contributed by atoms with E-state index in [1.54, 1.807) is 39.8 Å². The van der Waals surface area contributed by atoms with Crippen LogP contribution in [0.15, 0.2) is 22.4 Å². The molecule has 0 fully saturated rings. The minimum atomic E-state index is -0.533. The number of carbonyl (C=O) groups excluding carboxylic acids is 1. The highest BCUT2D eigenvalue weighted by atomic mass is 16.6. The summed E-state index contributed by atoms with van der Waals surface area (Å²) in [5, 5.41) is 13.0. The quantitative estimate of drug-likeness (QED) is 0.324. The van der Waals surface area contributed by atoms with E-state index in [1.165, 1.54) is 0 Å². The van der Waals surface area contributed by atoms with Crippen LogP contribution in [0.25, 0.3) is 20.9 Å². The Morgan fingerprint density at radius 2 is 1.72 bits per heavy atom. The molecule has 0 saturated carbocycles. The molecule has 0 radical (unpaired) electrons. The number of azide groups is 2. The van der Waals surface area contributed by atoms with Gasteiger partial charge >= 0.3 is 6.09 Å². The third-order valence-corrected chi connectivity index (χ3v) is 3.02. The summed E-state index contributed by atoms with van der Waals surface area (Å²) in [7, 11) is 0. The van der Waals surface area contributed by atoms with Gasteiger partial charge in [0.05, 0.1) is 0 Å². The maximum Gasteiger partial charge on any atom is 0.407 e. The van der Waals surface area contributed by atoms with Crippen molar-refractivity contribution in [2.45, 2.75) is 39.8 Å². The summed E-state index contributed by atoms with van der Waals surface area (Å²) >= 11 is 0. The number of rotatable bonds is 7. The molecule has 0 heterocycles. The zero-order chi connectivity index (χ0) is 18.9. The molecule has 0 aliphatic carbocycles. The minimum absolute atomic E-state index is 0.396. The van der Waals surface area contributed by atoms with Crippen LogP contribution in [-0.4, -0.2) is 24.8 Å². The molecule has 0 bridgehead atoms. The molecule has 0 atom stereocenters. The predicted octanol–water partition coefficient (Wildman–Crippen LogP) is 4.49. The number of nitrogens with one attached hydrogen (secondary N) is 2. The van der Waals surface area contributed by atoms with Crippen molar-refractivity contribution in [2.75, 3.05) is 13.1 Å². The van der Waals surface area contributed by atoms with Crippen molar-refractivity contribution >= 4 is 17.5 Å². The van der Waals surface area contributed by atoms with Crippen molar-refractivity contribution in [3.8, 4) is 0 Å². The fourth-order valence-electron chi connectivity index (χ4n) is 1.95. The maximum absolute atomic E-state index is 11.5. The van der Waals surface area contributed by atoms with Crippen molar-refractivity contribution < 1.29 is 9.53 Å². The summed E-state index contributed by atoms with van der Waals surface area (Å²) in [6, 6.07) is 3.44. The topological polar surface area (TPSA) is 148 Å². The molecule has 0 unspecified atom stereocenters. The lowest BCUT2D eigenvalue weighted by Gasteiger charge is -2.19. The number of amides is 1. The van der Waals surface area contributed by atoms with Crippen LogP contribution in [0, 0.1) is 6.92 Å². The second-order valence-corrected chi connectivity index (χ2v) is 6.24. The smallest absolute Gasteiger partial charge is 0.407 e. The standard InChI is InChI=1S/C15H22N8O2/c1-10-12(20-22-16)7-11(8-13(10)21-23-17)9-18-5-6-19-14(24)25-15(2,3)4/h7-8,18H,5-6,9H2,1-4H3,(H,19,24). The molecule has 10 nitrogen and oxygen atoms in total. The second-order valence-electron chi connectivity index (χ2n) is 6.24. The van der Waals surface area contributed by atoms with Crippen LogP contribution < -0.4 is 10.6 Å². The molecule has 1 amide bonds. The number of benzene rings is 1. The first-order valence-electron chi connectivity index (χ1n) is 7.68. The van der Waals surface area contributed by atoms with Crippen molar-refractivity contribution in [3.05, 3.63) is 44.1 Å². The zero-order valence-corrected chi connectivity index (χ0v) is 14.8. The van der Waals surface area contributed by atoms with Gasteiger partial charge < -0.3 is 15.4 Å². The van der Waals surface area contributed by atoms with Crippen molar-refractivity contribution in [2.24, 2.45) is 10.2 Å². The Kier molecular flexibility index (Phi) is 7.55. The van der Waals surface area contributed by atoms with Gasteiger partial charge in [0.1, 0.15) is 5.60 Å². The Balaban J connectivity index is 2.59. The summed E-state index contributed by atoms with van der Waals surface area (Å²) in [6.07, 6.45) is -0.471. The molecule has 1 aromatic carbocycles. The Bertz CT molecular complexity index is 674. The van der Waals surface area contributed by atoms with Gasteiger partial charge in [-0.25, -0.2) is 4.79 Å². The molecule has 10 heteroatoms. The van der Waals surface area contributed by atoms with Gasteiger partial charge in [-0.15, -0.1) is 0 Å². The monoisotopic (exact) mass is 346 g/mol. The van der Waals surface area contributed by atoms with E-state index in [0.717, 1.165) is 5.56 Å². The fourth-order valence-corrected chi connectivity index (χ4v) is 1.95. The van der Waals surface area contributed by atoms with Gasteiger partial charge in [0.15, 0.2) is 0 Å². The lowest BCUT2D eigenvalue weighted by atomic mass is 10.1. The first-order chi connectivity index (χ1) is 11.8. The summed E-state index contributed by atoms with van der Waals surface area (Å²) < 4.78 is 5.13. The number of hydrogen-bond acceptors (Lipinski definition) is 5. The summed E-state index contributed by atoms with van der Waals surface area (Å²) in [5.41, 5.74) is 19.0. The highest BCUT2D eigenvalue weighted by Crippen LogP contribution is 2.30. The number of alkyl carbamates (subject to hydrolysis) is 1. The average Bonchev–Trinajstić information content (AvgIpc) is 2.50. The van der Waals surface area contributed by atoms with E-state index in [2.05, 4.69) is 30.7 Å². The van der Waals surface area contributed by atoms with Gasteiger partial charge in [0.2, 0.25) is 0 Å². The normalized spacial score (nSPS) is 10.4. The summed E-state index contributed by atoms with van der Waals surface area (Å²) in [4.78, 5) is 17.1. The molecule has 25 heavy (non-hydrogen) atoms. The van der Waals surface area contributed by atoms with Crippen LogP contribution in [0.4, 0.5) is 16.2 Å². The fraction of sp³-hybridized carbons (Fsp3) is 0.533. The molecule has 0 aliphatic heterocycles. The van der Waals surface area contributed by atoms with Gasteiger partial charge in [-0.3, -0.25) is 0 Å². The van der Waals surface area contributed by atoms with E-state index in [0.29, 0.717) is 36.6 Å². The Morgan fingerprint density at radius 1 is 1.16 bits per heavy atom. The molecule has 2 N–H and O–H groups in total. The largest absolute Gasteiger partial charge is 0.444 e. The highest BCUT2D eigenvalue weighted by Gasteiger charge is 2.15. The third kappa shape index (κ3) is 7.45. The van der Waals surface area contributed by atoms with E-state index in [4.69, 9.17) is 15.8 Å². The first-order valence-corrected chi connectivity index (χ1v) is 7.68. The molecule has 0 aromatic heterocycles. The predicted molar refractivity (Wildman–Crippen MR) is 94.7 cm³/mol. The van der Waals surface area contributed by atoms with Gasteiger partial charge in [-0.05, 0) is 62.0 Å². The van der Waals surface area contributed by atoms with Crippen molar-refractivity contribution in [1.82, 2.24) is 10.6 Å².